The summed E-state index contributed by atoms with van der Waals surface area (Å²) in [6.07, 6.45) is 4.16. The summed E-state index contributed by atoms with van der Waals surface area (Å²) in [5, 5.41) is 0. The predicted octanol–water partition coefficient (Wildman–Crippen LogP) is 3.80. The molecule has 1 atom stereocenters. The minimum atomic E-state index is 0.637. The van der Waals surface area contributed by atoms with Gasteiger partial charge in [-0.2, -0.15) is 0 Å². The molecule has 0 bridgehead atoms. The Labute approximate surface area is 71.0 Å². The van der Waals surface area contributed by atoms with E-state index in [0.29, 0.717) is 11.8 Å². The SMILES string of the molecule is C=CC[C@@H](C(=C)CC)C(C)C. The standard InChI is InChI=1S/C11H20/c1-6-8-11(9(3)4)10(5)7-2/h6,9,11H,1,5,7-8H2,2-4H3/t11-/m1/s1. The normalized spacial score (nSPS) is 13.1. The molecule has 0 amide bonds. The lowest BCUT2D eigenvalue weighted by molar-refractivity contribution is 0.440. The van der Waals surface area contributed by atoms with Gasteiger partial charge in [0, 0.05) is 0 Å². The van der Waals surface area contributed by atoms with Crippen LogP contribution >= 0.6 is 0 Å². The molecule has 0 N–H and O–H groups in total. The molecule has 0 aromatic carbocycles. The van der Waals surface area contributed by atoms with Crippen molar-refractivity contribution < 1.29 is 0 Å². The Morgan fingerprint density at radius 2 is 2.00 bits per heavy atom. The summed E-state index contributed by atoms with van der Waals surface area (Å²) >= 11 is 0. The Balaban J connectivity index is 4.08. The molecule has 0 unspecified atom stereocenters. The van der Waals surface area contributed by atoms with Crippen molar-refractivity contribution in [1.82, 2.24) is 0 Å². The van der Waals surface area contributed by atoms with E-state index in [4.69, 9.17) is 0 Å². The summed E-state index contributed by atoms with van der Waals surface area (Å²) < 4.78 is 0. The van der Waals surface area contributed by atoms with E-state index < -0.39 is 0 Å². The molecular formula is C11H20. The van der Waals surface area contributed by atoms with E-state index in [1.54, 1.807) is 0 Å². The van der Waals surface area contributed by atoms with Gasteiger partial charge in [0.1, 0.15) is 0 Å². The highest BCUT2D eigenvalue weighted by atomic mass is 14.2. The van der Waals surface area contributed by atoms with Crippen LogP contribution in [0.4, 0.5) is 0 Å². The van der Waals surface area contributed by atoms with Crippen molar-refractivity contribution in [1.29, 1.82) is 0 Å². The molecule has 0 heteroatoms. The minimum Gasteiger partial charge on any atom is -0.103 e. The molecule has 64 valence electrons. The number of hydrogen-bond donors (Lipinski definition) is 0. The monoisotopic (exact) mass is 152 g/mol. The highest BCUT2D eigenvalue weighted by molar-refractivity contribution is 5.02. The van der Waals surface area contributed by atoms with Crippen molar-refractivity contribution in [2.45, 2.75) is 33.6 Å². The third-order valence-electron chi connectivity index (χ3n) is 2.20. The van der Waals surface area contributed by atoms with E-state index in [1.807, 2.05) is 6.08 Å². The molecule has 0 nitrogen and oxygen atoms in total. The van der Waals surface area contributed by atoms with E-state index >= 15 is 0 Å². The van der Waals surface area contributed by atoms with Crippen molar-refractivity contribution in [3.05, 3.63) is 24.8 Å². The van der Waals surface area contributed by atoms with E-state index in [1.165, 1.54) is 5.57 Å². The third kappa shape index (κ3) is 3.41. The predicted molar refractivity (Wildman–Crippen MR) is 52.6 cm³/mol. The summed E-state index contributed by atoms with van der Waals surface area (Å²) in [6.45, 7) is 14.5. The lowest BCUT2D eigenvalue weighted by Gasteiger charge is -2.20. The second kappa shape index (κ2) is 5.17. The molecular weight excluding hydrogens is 132 g/mol. The van der Waals surface area contributed by atoms with Gasteiger partial charge in [-0.05, 0) is 24.7 Å². The molecule has 0 aromatic rings. The fourth-order valence-electron chi connectivity index (χ4n) is 1.35. The average molecular weight is 152 g/mol. The van der Waals surface area contributed by atoms with Gasteiger partial charge in [-0.1, -0.05) is 39.0 Å². The van der Waals surface area contributed by atoms with Crippen LogP contribution in [-0.4, -0.2) is 0 Å². The van der Waals surface area contributed by atoms with Gasteiger partial charge in [-0.25, -0.2) is 0 Å². The molecule has 0 saturated carbocycles. The smallest absolute Gasteiger partial charge is 0.0148 e. The molecule has 0 saturated heterocycles. The van der Waals surface area contributed by atoms with Crippen LogP contribution in [0.1, 0.15) is 33.6 Å². The number of hydrogen-bond acceptors (Lipinski definition) is 0. The first-order chi connectivity index (χ1) is 5.13. The third-order valence-corrected chi connectivity index (χ3v) is 2.20. The topological polar surface area (TPSA) is 0 Å². The van der Waals surface area contributed by atoms with Gasteiger partial charge in [0.25, 0.3) is 0 Å². The van der Waals surface area contributed by atoms with Crippen LogP contribution in [0, 0.1) is 11.8 Å². The van der Waals surface area contributed by atoms with Gasteiger partial charge >= 0.3 is 0 Å². The van der Waals surface area contributed by atoms with Crippen LogP contribution in [0.25, 0.3) is 0 Å². The summed E-state index contributed by atoms with van der Waals surface area (Å²) in [5.41, 5.74) is 1.36. The first kappa shape index (κ1) is 10.5. The maximum atomic E-state index is 4.07. The second-order valence-corrected chi connectivity index (χ2v) is 3.39. The summed E-state index contributed by atoms with van der Waals surface area (Å²) in [7, 11) is 0. The van der Waals surface area contributed by atoms with Gasteiger partial charge in [-0.15, -0.1) is 6.58 Å². The highest BCUT2D eigenvalue weighted by Crippen LogP contribution is 2.24. The Hall–Kier alpha value is -0.520. The number of allylic oxidation sites excluding steroid dienone is 2. The minimum absolute atomic E-state index is 0.637. The summed E-state index contributed by atoms with van der Waals surface area (Å²) in [5.74, 6) is 1.33. The Morgan fingerprint density at radius 3 is 2.27 bits per heavy atom. The number of rotatable bonds is 5. The van der Waals surface area contributed by atoms with Gasteiger partial charge in [0.05, 0.1) is 0 Å². The Kier molecular flexibility index (Phi) is 4.93. The zero-order valence-corrected chi connectivity index (χ0v) is 8.06. The molecule has 0 spiro atoms. The van der Waals surface area contributed by atoms with Crippen molar-refractivity contribution in [2.75, 3.05) is 0 Å². The fourth-order valence-corrected chi connectivity index (χ4v) is 1.35. The molecule has 0 aliphatic carbocycles. The van der Waals surface area contributed by atoms with Crippen LogP contribution in [0.5, 0.6) is 0 Å². The molecule has 0 radical (unpaired) electrons. The van der Waals surface area contributed by atoms with Gasteiger partial charge < -0.3 is 0 Å². The Morgan fingerprint density at radius 1 is 1.45 bits per heavy atom. The van der Waals surface area contributed by atoms with Crippen molar-refractivity contribution in [2.24, 2.45) is 11.8 Å². The van der Waals surface area contributed by atoms with E-state index in [-0.39, 0.29) is 0 Å². The lowest BCUT2D eigenvalue weighted by atomic mass is 9.85. The van der Waals surface area contributed by atoms with Crippen molar-refractivity contribution in [3.63, 3.8) is 0 Å². The van der Waals surface area contributed by atoms with Crippen LogP contribution in [0.2, 0.25) is 0 Å². The average Bonchev–Trinajstić information content (AvgIpc) is 1.98. The maximum Gasteiger partial charge on any atom is -0.0148 e. The van der Waals surface area contributed by atoms with Crippen LogP contribution in [-0.2, 0) is 0 Å². The van der Waals surface area contributed by atoms with Gasteiger partial charge in [0.2, 0.25) is 0 Å². The van der Waals surface area contributed by atoms with Crippen molar-refractivity contribution in [3.8, 4) is 0 Å². The van der Waals surface area contributed by atoms with Crippen LogP contribution in [0.15, 0.2) is 24.8 Å². The van der Waals surface area contributed by atoms with Gasteiger partial charge in [0.15, 0.2) is 0 Å². The van der Waals surface area contributed by atoms with E-state index in [0.717, 1.165) is 12.8 Å². The second-order valence-electron chi connectivity index (χ2n) is 3.39. The van der Waals surface area contributed by atoms with Crippen molar-refractivity contribution >= 4 is 0 Å². The summed E-state index contributed by atoms with van der Waals surface area (Å²) in [6, 6.07) is 0. The molecule has 0 aromatic heterocycles. The van der Waals surface area contributed by atoms with Crippen LogP contribution in [0.3, 0.4) is 0 Å². The zero-order valence-electron chi connectivity index (χ0n) is 8.06. The first-order valence-corrected chi connectivity index (χ1v) is 4.42. The molecule has 0 heterocycles. The quantitative estimate of drug-likeness (QED) is 0.526. The van der Waals surface area contributed by atoms with E-state index in [2.05, 4.69) is 33.9 Å². The molecule has 11 heavy (non-hydrogen) atoms. The van der Waals surface area contributed by atoms with E-state index in [9.17, 15) is 0 Å². The molecule has 0 fully saturated rings. The zero-order chi connectivity index (χ0) is 8.85. The van der Waals surface area contributed by atoms with Gasteiger partial charge in [-0.3, -0.25) is 0 Å². The molecule has 0 aliphatic heterocycles. The van der Waals surface area contributed by atoms with Crippen LogP contribution < -0.4 is 0 Å². The summed E-state index contributed by atoms with van der Waals surface area (Å²) in [4.78, 5) is 0. The fraction of sp³-hybridized carbons (Fsp3) is 0.636. The highest BCUT2D eigenvalue weighted by Gasteiger charge is 2.13. The Bertz CT molecular complexity index is 131. The maximum absolute atomic E-state index is 4.07. The largest absolute Gasteiger partial charge is 0.103 e. The molecule has 0 aliphatic rings. The first-order valence-electron chi connectivity index (χ1n) is 4.42. The lowest BCUT2D eigenvalue weighted by Crippen LogP contribution is -2.09. The molecule has 0 rings (SSSR count).